The molecule has 1 atom stereocenters. The SMILES string of the molecule is Cc1ccc(S(=O)(=O)O[N+]2(c3ccccc3C(F)(F)F)C(=O)N(C)c3cnc4ccc(-c5cccnc5)cc4c32)cc1. The molecule has 12 heteroatoms. The molecule has 0 aliphatic carbocycles. The van der Waals surface area contributed by atoms with Crippen LogP contribution in [0.25, 0.3) is 22.0 Å². The molecule has 1 aliphatic rings. The van der Waals surface area contributed by atoms with Crippen molar-refractivity contribution in [2.75, 3.05) is 11.9 Å². The maximum absolute atomic E-state index is 14.5. The number of carbonyl (C=O) groups is 1. The monoisotopic (exact) mass is 591 g/mol. The molecule has 0 fully saturated rings. The highest BCUT2D eigenvalue weighted by Crippen LogP contribution is 2.55. The second kappa shape index (κ2) is 9.72. The van der Waals surface area contributed by atoms with E-state index in [1.165, 1.54) is 43.6 Å². The molecule has 0 saturated carbocycles. The summed E-state index contributed by atoms with van der Waals surface area (Å²) in [5.41, 5.74) is 0.406. The van der Waals surface area contributed by atoms with Crippen LogP contribution in [-0.4, -0.2) is 31.5 Å². The quantitative estimate of drug-likeness (QED) is 0.202. The number of nitrogens with zero attached hydrogens (tertiary/aromatic N) is 4. The van der Waals surface area contributed by atoms with E-state index in [1.807, 2.05) is 0 Å². The lowest BCUT2D eigenvalue weighted by Crippen LogP contribution is -2.52. The number of benzene rings is 3. The summed E-state index contributed by atoms with van der Waals surface area (Å²) >= 11 is 0. The molecule has 2 amide bonds. The van der Waals surface area contributed by atoms with E-state index in [4.69, 9.17) is 4.28 Å². The normalized spacial score (nSPS) is 17.1. The average Bonchev–Trinajstić information content (AvgIpc) is 3.19. The first-order valence-electron chi connectivity index (χ1n) is 12.6. The van der Waals surface area contributed by atoms with Crippen LogP contribution in [0.4, 0.5) is 35.0 Å². The van der Waals surface area contributed by atoms with E-state index in [2.05, 4.69) is 9.97 Å². The smallest absolute Gasteiger partial charge is 0.264 e. The van der Waals surface area contributed by atoms with Crippen molar-refractivity contribution >= 4 is 44.1 Å². The Hall–Kier alpha value is -4.65. The van der Waals surface area contributed by atoms with E-state index in [0.29, 0.717) is 16.6 Å². The van der Waals surface area contributed by atoms with Crippen molar-refractivity contribution in [3.8, 4) is 11.1 Å². The molecule has 8 nitrogen and oxygen atoms in total. The van der Waals surface area contributed by atoms with Crippen LogP contribution in [0.15, 0.2) is 102 Å². The molecule has 212 valence electrons. The summed E-state index contributed by atoms with van der Waals surface area (Å²) in [5.74, 6) is 0. The van der Waals surface area contributed by atoms with Crippen LogP contribution in [0.1, 0.15) is 11.1 Å². The Balaban J connectivity index is 1.73. The minimum Gasteiger partial charge on any atom is -0.264 e. The van der Waals surface area contributed by atoms with E-state index < -0.39 is 38.2 Å². The second-order valence-corrected chi connectivity index (χ2v) is 11.3. The molecule has 2 aromatic heterocycles. The van der Waals surface area contributed by atoms with Crippen molar-refractivity contribution in [2.24, 2.45) is 0 Å². The van der Waals surface area contributed by atoms with Gasteiger partial charge in [0.05, 0.1) is 22.0 Å². The maximum Gasteiger partial charge on any atom is 0.468 e. The zero-order valence-corrected chi connectivity index (χ0v) is 23.0. The Bertz CT molecular complexity index is 1970. The number of carbonyl (C=O) groups excluding carboxylic acids is 1. The molecule has 0 N–H and O–H groups in total. The lowest BCUT2D eigenvalue weighted by Gasteiger charge is -2.29. The Morgan fingerprint density at radius 3 is 2.33 bits per heavy atom. The van der Waals surface area contributed by atoms with Gasteiger partial charge in [-0.05, 0) is 57.8 Å². The van der Waals surface area contributed by atoms with Crippen molar-refractivity contribution in [3.05, 3.63) is 109 Å². The van der Waals surface area contributed by atoms with Gasteiger partial charge in [-0.25, -0.2) is 4.79 Å². The van der Waals surface area contributed by atoms with Crippen LogP contribution in [0, 0.1) is 6.92 Å². The highest BCUT2D eigenvalue weighted by atomic mass is 32.2. The van der Waals surface area contributed by atoms with Crippen LogP contribution in [0.3, 0.4) is 0 Å². The molecular formula is C30H22F3N4O4S+. The first-order chi connectivity index (χ1) is 19.9. The van der Waals surface area contributed by atoms with Crippen LogP contribution >= 0.6 is 0 Å². The number of hydrogen-bond acceptors (Lipinski definition) is 6. The predicted octanol–water partition coefficient (Wildman–Crippen LogP) is 7.15. The van der Waals surface area contributed by atoms with E-state index in [-0.39, 0.29) is 21.7 Å². The molecule has 5 aromatic rings. The van der Waals surface area contributed by atoms with Crippen molar-refractivity contribution < 1.29 is 30.7 Å². The summed E-state index contributed by atoms with van der Waals surface area (Å²) in [5, 5.41) is 0.225. The van der Waals surface area contributed by atoms with Gasteiger partial charge in [0.15, 0.2) is 5.69 Å². The van der Waals surface area contributed by atoms with Gasteiger partial charge in [-0.1, -0.05) is 42.0 Å². The third-order valence-corrected chi connectivity index (χ3v) is 8.39. The number of quaternary nitrogens is 1. The zero-order valence-electron chi connectivity index (χ0n) is 22.2. The summed E-state index contributed by atoms with van der Waals surface area (Å²) in [7, 11) is -3.50. The second-order valence-electron chi connectivity index (χ2n) is 9.77. The highest BCUT2D eigenvalue weighted by molar-refractivity contribution is 7.86. The minimum absolute atomic E-state index is 0.0897. The number of aromatic nitrogens is 2. The van der Waals surface area contributed by atoms with E-state index in [9.17, 15) is 26.4 Å². The number of halogens is 3. The van der Waals surface area contributed by atoms with Crippen molar-refractivity contribution in [1.29, 1.82) is 0 Å². The van der Waals surface area contributed by atoms with Gasteiger partial charge in [0.2, 0.25) is 5.69 Å². The lowest BCUT2D eigenvalue weighted by molar-refractivity contribution is -0.138. The van der Waals surface area contributed by atoms with Gasteiger partial charge in [-0.2, -0.15) is 21.6 Å². The standard InChI is InChI=1S/C30H22F3N4O4S/c1-19-9-12-22(13-10-19)42(39,40)41-37(27-8-4-3-7-24(27)30(31,32)33)28-23-16-20(21-6-5-15-34-17-21)11-14-25(23)35-18-26(28)36(2)29(37)38/h3-18H,1-2H3/q+1. The Morgan fingerprint density at radius 2 is 1.64 bits per heavy atom. The molecule has 1 unspecified atom stereocenters. The Morgan fingerprint density at radius 1 is 0.905 bits per heavy atom. The van der Waals surface area contributed by atoms with Gasteiger partial charge >= 0.3 is 22.3 Å². The summed E-state index contributed by atoms with van der Waals surface area (Å²) in [6.45, 7) is 1.75. The summed E-state index contributed by atoms with van der Waals surface area (Å²) < 4.78 is 75.2. The van der Waals surface area contributed by atoms with Gasteiger partial charge < -0.3 is 0 Å². The number of hydroxylamine groups is 1. The number of para-hydroxylation sites is 1. The van der Waals surface area contributed by atoms with E-state index in [0.717, 1.165) is 28.7 Å². The molecule has 42 heavy (non-hydrogen) atoms. The molecule has 1 aliphatic heterocycles. The number of pyridine rings is 2. The number of amides is 2. The molecule has 0 spiro atoms. The van der Waals surface area contributed by atoms with Gasteiger partial charge in [0, 0.05) is 31.1 Å². The minimum atomic E-state index is -4.95. The third kappa shape index (κ3) is 4.31. The summed E-state index contributed by atoms with van der Waals surface area (Å²) in [4.78, 5) is 23.5. The number of hydrogen-bond donors (Lipinski definition) is 0. The number of urea groups is 1. The molecular weight excluding hydrogens is 569 g/mol. The molecule has 0 radical (unpaired) electrons. The number of aryl methyl sites for hydroxylation is 1. The van der Waals surface area contributed by atoms with Crippen LogP contribution in [0.2, 0.25) is 0 Å². The fourth-order valence-corrected chi connectivity index (χ4v) is 6.15. The molecule has 0 saturated heterocycles. The first-order valence-corrected chi connectivity index (χ1v) is 14.0. The van der Waals surface area contributed by atoms with E-state index in [1.54, 1.807) is 49.6 Å². The fourth-order valence-electron chi connectivity index (χ4n) is 5.08. The number of rotatable bonds is 5. The summed E-state index contributed by atoms with van der Waals surface area (Å²) in [6.07, 6.45) is -0.437. The molecule has 3 aromatic carbocycles. The Kier molecular flexibility index (Phi) is 6.37. The third-order valence-electron chi connectivity index (χ3n) is 7.12. The molecule has 6 rings (SSSR count). The van der Waals surface area contributed by atoms with E-state index >= 15 is 0 Å². The van der Waals surface area contributed by atoms with Gasteiger partial charge in [-0.3, -0.25) is 14.9 Å². The zero-order chi connectivity index (χ0) is 29.9. The van der Waals surface area contributed by atoms with Crippen LogP contribution in [0.5, 0.6) is 0 Å². The maximum atomic E-state index is 14.5. The van der Waals surface area contributed by atoms with Crippen molar-refractivity contribution in [1.82, 2.24) is 14.6 Å². The Labute approximate surface area is 238 Å². The van der Waals surface area contributed by atoms with Gasteiger partial charge in [0.25, 0.3) is 0 Å². The number of alkyl halides is 3. The van der Waals surface area contributed by atoms with Crippen LogP contribution in [-0.2, 0) is 20.6 Å². The summed E-state index contributed by atoms with van der Waals surface area (Å²) in [6, 6.07) is 17.3. The lowest BCUT2D eigenvalue weighted by atomic mass is 10.0. The highest BCUT2D eigenvalue weighted by Gasteiger charge is 2.62. The van der Waals surface area contributed by atoms with Crippen molar-refractivity contribution in [2.45, 2.75) is 18.0 Å². The molecule has 3 heterocycles. The number of anilines is 1. The van der Waals surface area contributed by atoms with Crippen LogP contribution < -0.4 is 9.55 Å². The molecule has 0 bridgehead atoms. The largest absolute Gasteiger partial charge is 0.468 e. The van der Waals surface area contributed by atoms with Gasteiger partial charge in [0.1, 0.15) is 11.3 Å². The first kappa shape index (κ1) is 27.5. The van der Waals surface area contributed by atoms with Gasteiger partial charge in [-0.15, -0.1) is 0 Å². The topological polar surface area (TPSA) is 89.5 Å². The fraction of sp³-hybridized carbons (Fsp3) is 0.100. The average molecular weight is 592 g/mol. The number of fused-ring (bicyclic) bond motifs is 3. The predicted molar refractivity (Wildman–Crippen MR) is 151 cm³/mol. The van der Waals surface area contributed by atoms with Crippen molar-refractivity contribution in [3.63, 3.8) is 0 Å².